The van der Waals surface area contributed by atoms with Crippen molar-refractivity contribution in [1.82, 2.24) is 10.6 Å². The molecule has 3 N–H and O–H groups in total. The topological polar surface area (TPSA) is 80.4 Å². The Bertz CT molecular complexity index is 560. The zero-order chi connectivity index (χ0) is 15.9. The summed E-state index contributed by atoms with van der Waals surface area (Å²) in [5, 5.41) is 25.8. The predicted molar refractivity (Wildman–Crippen MR) is 106 cm³/mol. The number of guanidine groups is 1. The predicted octanol–water partition coefficient (Wildman–Crippen LogP) is 3.30. The third-order valence-corrected chi connectivity index (χ3v) is 5.03. The number of nitriles is 1. The van der Waals surface area contributed by atoms with E-state index in [-0.39, 0.29) is 42.5 Å². The third-order valence-electron chi connectivity index (χ3n) is 3.69. The summed E-state index contributed by atoms with van der Waals surface area (Å²) < 4.78 is 0.658. The minimum Gasteiger partial charge on any atom is -0.386 e. The molecule has 0 aliphatic heterocycles. The highest BCUT2D eigenvalue weighted by Crippen LogP contribution is 2.27. The van der Waals surface area contributed by atoms with Gasteiger partial charge in [-0.3, -0.25) is 4.99 Å². The van der Waals surface area contributed by atoms with Crippen molar-refractivity contribution in [3.05, 3.63) is 21.3 Å². The zero-order valence-corrected chi connectivity index (χ0v) is 16.9. The Balaban J connectivity index is 0.00000264. The average Bonchev–Trinajstić information content (AvgIpc) is 3.13. The molecule has 1 aliphatic rings. The Morgan fingerprint density at radius 3 is 2.96 bits per heavy atom. The van der Waals surface area contributed by atoms with Gasteiger partial charge in [-0.2, -0.15) is 5.26 Å². The summed E-state index contributed by atoms with van der Waals surface area (Å²) in [4.78, 5) is 5.24. The summed E-state index contributed by atoms with van der Waals surface area (Å²) >= 11 is 7.24. The number of halogens is 2. The van der Waals surface area contributed by atoms with E-state index in [1.807, 2.05) is 13.0 Å². The lowest BCUT2D eigenvalue weighted by atomic mass is 10.1. The molecule has 1 aromatic heterocycles. The number of rotatable bonds is 5. The van der Waals surface area contributed by atoms with Gasteiger partial charge in [0, 0.05) is 17.5 Å². The van der Waals surface area contributed by atoms with Gasteiger partial charge in [0.05, 0.1) is 22.9 Å². The highest BCUT2D eigenvalue weighted by molar-refractivity contribution is 14.0. The first kappa shape index (κ1) is 20.5. The Morgan fingerprint density at radius 1 is 1.57 bits per heavy atom. The summed E-state index contributed by atoms with van der Waals surface area (Å²) in [5.41, 5.74) is 0. The van der Waals surface area contributed by atoms with Crippen molar-refractivity contribution in [3.63, 3.8) is 0 Å². The number of aliphatic hydroxyl groups is 1. The maximum Gasteiger partial charge on any atom is 0.191 e. The molecule has 128 valence electrons. The molecule has 3 atom stereocenters. The second kappa shape index (κ2) is 10.3. The Kier molecular flexibility index (Phi) is 9.20. The van der Waals surface area contributed by atoms with E-state index in [1.54, 1.807) is 6.07 Å². The number of aliphatic hydroxyl groups excluding tert-OH is 1. The summed E-state index contributed by atoms with van der Waals surface area (Å²) in [7, 11) is 0. The second-order valence-corrected chi connectivity index (χ2v) is 7.04. The van der Waals surface area contributed by atoms with Crippen LogP contribution < -0.4 is 10.6 Å². The van der Waals surface area contributed by atoms with Crippen LogP contribution in [0.1, 0.15) is 37.2 Å². The molecule has 1 aliphatic carbocycles. The van der Waals surface area contributed by atoms with E-state index in [9.17, 15) is 5.11 Å². The van der Waals surface area contributed by atoms with E-state index >= 15 is 0 Å². The smallest absolute Gasteiger partial charge is 0.191 e. The van der Waals surface area contributed by atoms with E-state index in [1.165, 1.54) is 11.3 Å². The fraction of sp³-hybridized carbons (Fsp3) is 0.600. The number of nitrogens with zero attached hydrogens (tertiary/aromatic N) is 2. The van der Waals surface area contributed by atoms with Crippen molar-refractivity contribution in [2.45, 2.75) is 38.3 Å². The van der Waals surface area contributed by atoms with Gasteiger partial charge in [-0.25, -0.2) is 0 Å². The van der Waals surface area contributed by atoms with Crippen LogP contribution in [-0.2, 0) is 0 Å². The van der Waals surface area contributed by atoms with Gasteiger partial charge in [0.25, 0.3) is 0 Å². The molecule has 23 heavy (non-hydrogen) atoms. The van der Waals surface area contributed by atoms with Gasteiger partial charge in [0.15, 0.2) is 5.96 Å². The van der Waals surface area contributed by atoms with Crippen LogP contribution in [0.15, 0.2) is 17.1 Å². The number of hydrogen-bond acceptors (Lipinski definition) is 4. The van der Waals surface area contributed by atoms with Gasteiger partial charge in [-0.15, -0.1) is 35.3 Å². The van der Waals surface area contributed by atoms with Crippen LogP contribution in [0.25, 0.3) is 0 Å². The fourth-order valence-electron chi connectivity index (χ4n) is 2.56. The molecule has 1 aromatic rings. The van der Waals surface area contributed by atoms with E-state index in [2.05, 4.69) is 21.7 Å². The largest absolute Gasteiger partial charge is 0.386 e. The summed E-state index contributed by atoms with van der Waals surface area (Å²) in [6.45, 7) is 2.98. The summed E-state index contributed by atoms with van der Waals surface area (Å²) in [5.74, 6) is 0.682. The first-order valence-electron chi connectivity index (χ1n) is 7.51. The summed E-state index contributed by atoms with van der Waals surface area (Å²) in [6.07, 6.45) is 2.31. The molecule has 8 heteroatoms. The van der Waals surface area contributed by atoms with Gasteiger partial charge < -0.3 is 15.7 Å². The zero-order valence-electron chi connectivity index (χ0n) is 13.0. The van der Waals surface area contributed by atoms with Crippen molar-refractivity contribution in [2.75, 3.05) is 13.1 Å². The molecule has 1 saturated carbocycles. The van der Waals surface area contributed by atoms with Crippen LogP contribution in [-0.4, -0.2) is 30.2 Å². The third kappa shape index (κ3) is 6.10. The standard InChI is InChI=1S/C15H21ClN4OS.HI/c1-2-18-15(20-11-5-3-4-10(11)8-17)19-9-12(21)13-6-7-14(16)22-13;/h6-7,10-12,21H,2-5,9H2,1H3,(H2,18,19,20);1H. The fourth-order valence-corrected chi connectivity index (χ4v) is 3.60. The number of aliphatic imine (C=N–C) groups is 1. The molecule has 0 saturated heterocycles. The molecule has 0 spiro atoms. The molecule has 0 radical (unpaired) electrons. The first-order chi connectivity index (χ1) is 10.6. The van der Waals surface area contributed by atoms with Crippen LogP contribution in [0.3, 0.4) is 0 Å². The van der Waals surface area contributed by atoms with E-state index in [0.29, 0.717) is 10.3 Å². The Hall–Kier alpha value is -0.560. The molecular weight excluding hydrogens is 447 g/mol. The van der Waals surface area contributed by atoms with Crippen LogP contribution in [0.2, 0.25) is 4.34 Å². The highest BCUT2D eigenvalue weighted by atomic mass is 127. The van der Waals surface area contributed by atoms with E-state index in [0.717, 1.165) is 30.7 Å². The highest BCUT2D eigenvalue weighted by Gasteiger charge is 2.27. The summed E-state index contributed by atoms with van der Waals surface area (Å²) in [6, 6.07) is 6.07. The van der Waals surface area contributed by atoms with Crippen molar-refractivity contribution in [2.24, 2.45) is 10.9 Å². The van der Waals surface area contributed by atoms with Crippen molar-refractivity contribution >= 4 is 52.9 Å². The lowest BCUT2D eigenvalue weighted by Crippen LogP contribution is -2.44. The molecule has 3 unspecified atom stereocenters. The van der Waals surface area contributed by atoms with Gasteiger partial charge in [-0.1, -0.05) is 11.6 Å². The van der Waals surface area contributed by atoms with Crippen LogP contribution in [0.4, 0.5) is 0 Å². The molecule has 1 heterocycles. The van der Waals surface area contributed by atoms with E-state index < -0.39 is 6.10 Å². The second-order valence-electron chi connectivity index (χ2n) is 5.29. The Labute approximate surface area is 163 Å². The van der Waals surface area contributed by atoms with Gasteiger partial charge in [0.2, 0.25) is 0 Å². The maximum atomic E-state index is 10.1. The van der Waals surface area contributed by atoms with Gasteiger partial charge >= 0.3 is 0 Å². The van der Waals surface area contributed by atoms with E-state index in [4.69, 9.17) is 16.9 Å². The molecular formula is C15H22ClIN4OS. The minimum atomic E-state index is -0.664. The molecule has 0 aromatic carbocycles. The maximum absolute atomic E-state index is 10.1. The molecule has 5 nitrogen and oxygen atoms in total. The normalized spacial score (nSPS) is 22.1. The van der Waals surface area contributed by atoms with Gasteiger partial charge in [-0.05, 0) is 38.3 Å². The minimum absolute atomic E-state index is 0. The molecule has 2 rings (SSSR count). The SMILES string of the molecule is CCNC(=NCC(O)c1ccc(Cl)s1)NC1CCCC1C#N.I. The van der Waals surface area contributed by atoms with Crippen LogP contribution >= 0.6 is 46.9 Å². The number of thiophene rings is 1. The Morgan fingerprint density at radius 2 is 2.35 bits per heavy atom. The molecule has 1 fully saturated rings. The van der Waals surface area contributed by atoms with Crippen molar-refractivity contribution in [1.29, 1.82) is 5.26 Å². The number of hydrogen-bond donors (Lipinski definition) is 3. The van der Waals surface area contributed by atoms with Gasteiger partial charge in [0.1, 0.15) is 6.10 Å². The molecule has 0 bridgehead atoms. The number of nitrogens with one attached hydrogen (secondary N) is 2. The molecule has 0 amide bonds. The monoisotopic (exact) mass is 468 g/mol. The quantitative estimate of drug-likeness (QED) is 0.352. The van der Waals surface area contributed by atoms with Crippen molar-refractivity contribution < 1.29 is 5.11 Å². The average molecular weight is 469 g/mol. The van der Waals surface area contributed by atoms with Crippen molar-refractivity contribution in [3.8, 4) is 6.07 Å². The first-order valence-corrected chi connectivity index (χ1v) is 8.71. The van der Waals surface area contributed by atoms with Crippen LogP contribution in [0, 0.1) is 17.2 Å². The van der Waals surface area contributed by atoms with Crippen LogP contribution in [0.5, 0.6) is 0 Å². The lowest BCUT2D eigenvalue weighted by Gasteiger charge is -2.19. The lowest BCUT2D eigenvalue weighted by molar-refractivity contribution is 0.191.